The smallest absolute Gasteiger partial charge is 0.335 e. The van der Waals surface area contributed by atoms with E-state index >= 15 is 0 Å². The number of carboxylic acids is 1. The Kier molecular flexibility index (Phi) is 4.96. The third kappa shape index (κ3) is 3.42. The van der Waals surface area contributed by atoms with Crippen LogP contribution in [0.5, 0.6) is 0 Å². The van der Waals surface area contributed by atoms with Crippen molar-refractivity contribution in [3.63, 3.8) is 0 Å². The summed E-state index contributed by atoms with van der Waals surface area (Å²) in [7, 11) is 0. The minimum atomic E-state index is -0.935. The van der Waals surface area contributed by atoms with E-state index in [1.54, 1.807) is 18.2 Å². The molecule has 0 amide bonds. The molecule has 2 rings (SSSR count). The van der Waals surface area contributed by atoms with E-state index in [9.17, 15) is 9.90 Å². The monoisotopic (exact) mass is 290 g/mol. The van der Waals surface area contributed by atoms with Gasteiger partial charge in [-0.15, -0.1) is 0 Å². The van der Waals surface area contributed by atoms with Crippen LogP contribution in [0.3, 0.4) is 0 Å². The summed E-state index contributed by atoms with van der Waals surface area (Å²) in [5.74, 6) is 0.0219. The van der Waals surface area contributed by atoms with Crippen LogP contribution in [0, 0.1) is 0 Å². The number of aromatic carboxylic acids is 1. The highest BCUT2D eigenvalue weighted by Crippen LogP contribution is 2.20. The zero-order valence-electron chi connectivity index (χ0n) is 12.5. The number of nitrogens with zero attached hydrogens (tertiary/aromatic N) is 2. The van der Waals surface area contributed by atoms with Gasteiger partial charge >= 0.3 is 5.97 Å². The molecule has 2 N–H and O–H groups in total. The predicted molar refractivity (Wildman–Crippen MR) is 81.6 cm³/mol. The van der Waals surface area contributed by atoms with Gasteiger partial charge in [0.05, 0.1) is 22.7 Å². The fourth-order valence-electron chi connectivity index (χ4n) is 2.45. The molecule has 0 saturated carbocycles. The fraction of sp³-hybridized carbons (Fsp3) is 0.500. The largest absolute Gasteiger partial charge is 0.478 e. The SMILES string of the molecule is CCCc1nc2ccc(C(=O)O)cc2n1CCC(O)CC. The third-order valence-electron chi connectivity index (χ3n) is 3.71. The molecule has 1 heterocycles. The van der Waals surface area contributed by atoms with Crippen molar-refractivity contribution in [2.45, 2.75) is 52.2 Å². The van der Waals surface area contributed by atoms with Crippen LogP contribution >= 0.6 is 0 Å². The Hall–Kier alpha value is -1.88. The van der Waals surface area contributed by atoms with E-state index in [-0.39, 0.29) is 11.7 Å². The van der Waals surface area contributed by atoms with Gasteiger partial charge in [0.1, 0.15) is 5.82 Å². The predicted octanol–water partition coefficient (Wildman–Crippen LogP) is 2.85. The lowest BCUT2D eigenvalue weighted by molar-refractivity contribution is 0.0697. The number of aryl methyl sites for hydroxylation is 2. The summed E-state index contributed by atoms with van der Waals surface area (Å²) in [6.45, 7) is 4.70. The van der Waals surface area contributed by atoms with Crippen LogP contribution in [0.1, 0.15) is 49.3 Å². The van der Waals surface area contributed by atoms with Crippen LogP contribution in [0.2, 0.25) is 0 Å². The number of carboxylic acid groups (broad SMARTS) is 1. The number of aliphatic hydroxyl groups excluding tert-OH is 1. The molecule has 1 unspecified atom stereocenters. The number of hydrogen-bond donors (Lipinski definition) is 2. The van der Waals surface area contributed by atoms with Crippen molar-refractivity contribution in [3.8, 4) is 0 Å². The molecular weight excluding hydrogens is 268 g/mol. The number of carbonyl (C=O) groups is 1. The van der Waals surface area contributed by atoms with E-state index < -0.39 is 5.97 Å². The molecule has 1 aromatic heterocycles. The molecule has 0 fully saturated rings. The van der Waals surface area contributed by atoms with Crippen molar-refractivity contribution < 1.29 is 15.0 Å². The van der Waals surface area contributed by atoms with Gasteiger partial charge in [0.15, 0.2) is 0 Å². The van der Waals surface area contributed by atoms with Gasteiger partial charge in [-0.25, -0.2) is 9.78 Å². The molecule has 0 aliphatic heterocycles. The summed E-state index contributed by atoms with van der Waals surface area (Å²) in [6, 6.07) is 5.01. The quantitative estimate of drug-likeness (QED) is 0.822. The highest BCUT2D eigenvalue weighted by Gasteiger charge is 2.13. The van der Waals surface area contributed by atoms with Crippen LogP contribution in [-0.4, -0.2) is 31.8 Å². The second-order valence-electron chi connectivity index (χ2n) is 5.29. The number of hydrogen-bond acceptors (Lipinski definition) is 3. The number of aromatic nitrogens is 2. The Morgan fingerprint density at radius 2 is 2.14 bits per heavy atom. The minimum absolute atomic E-state index is 0.266. The molecule has 2 aromatic rings. The molecular formula is C16H22N2O3. The number of aliphatic hydroxyl groups is 1. The summed E-state index contributed by atoms with van der Waals surface area (Å²) >= 11 is 0. The van der Waals surface area contributed by atoms with Crippen LogP contribution < -0.4 is 0 Å². The molecule has 0 radical (unpaired) electrons. The molecule has 1 atom stereocenters. The van der Waals surface area contributed by atoms with E-state index in [1.807, 2.05) is 11.5 Å². The van der Waals surface area contributed by atoms with E-state index in [0.717, 1.165) is 36.1 Å². The average molecular weight is 290 g/mol. The standard InChI is InChI=1S/C16H22N2O3/c1-3-5-15-17-13-7-6-11(16(20)21)10-14(13)18(15)9-8-12(19)4-2/h6-7,10,12,19H,3-5,8-9H2,1-2H3,(H,20,21). The summed E-state index contributed by atoms with van der Waals surface area (Å²) < 4.78 is 2.05. The Morgan fingerprint density at radius 3 is 2.76 bits per heavy atom. The third-order valence-corrected chi connectivity index (χ3v) is 3.71. The second kappa shape index (κ2) is 6.72. The van der Waals surface area contributed by atoms with Crippen LogP contribution in [0.15, 0.2) is 18.2 Å². The second-order valence-corrected chi connectivity index (χ2v) is 5.29. The summed E-state index contributed by atoms with van der Waals surface area (Å²) in [6.07, 6.45) is 2.86. The van der Waals surface area contributed by atoms with Crippen LogP contribution in [0.4, 0.5) is 0 Å². The lowest BCUT2D eigenvalue weighted by atomic mass is 10.2. The Balaban J connectivity index is 2.43. The topological polar surface area (TPSA) is 75.3 Å². The number of benzene rings is 1. The van der Waals surface area contributed by atoms with Crippen molar-refractivity contribution in [3.05, 3.63) is 29.6 Å². The zero-order valence-corrected chi connectivity index (χ0v) is 12.5. The first-order valence-corrected chi connectivity index (χ1v) is 7.47. The van der Waals surface area contributed by atoms with Gasteiger partial charge in [0.25, 0.3) is 0 Å². The van der Waals surface area contributed by atoms with Gasteiger partial charge < -0.3 is 14.8 Å². The first-order chi connectivity index (χ1) is 10.1. The van der Waals surface area contributed by atoms with Crippen molar-refractivity contribution in [2.75, 3.05) is 0 Å². The van der Waals surface area contributed by atoms with Crippen LogP contribution in [-0.2, 0) is 13.0 Å². The maximum Gasteiger partial charge on any atom is 0.335 e. The Bertz CT molecular complexity index is 634. The molecule has 5 heteroatoms. The average Bonchev–Trinajstić information content (AvgIpc) is 2.81. The molecule has 0 spiro atoms. The van der Waals surface area contributed by atoms with Gasteiger partial charge in [-0.2, -0.15) is 0 Å². The lowest BCUT2D eigenvalue weighted by Gasteiger charge is -2.12. The van der Waals surface area contributed by atoms with E-state index in [0.29, 0.717) is 13.0 Å². The number of rotatable bonds is 7. The normalized spacial score (nSPS) is 12.7. The molecule has 0 aliphatic rings. The highest BCUT2D eigenvalue weighted by atomic mass is 16.4. The first-order valence-electron chi connectivity index (χ1n) is 7.47. The van der Waals surface area contributed by atoms with Gasteiger partial charge in [-0.05, 0) is 37.5 Å². The molecule has 1 aromatic carbocycles. The van der Waals surface area contributed by atoms with Gasteiger partial charge in [0.2, 0.25) is 0 Å². The molecule has 0 saturated heterocycles. The molecule has 21 heavy (non-hydrogen) atoms. The van der Waals surface area contributed by atoms with Gasteiger partial charge in [-0.1, -0.05) is 13.8 Å². The maximum absolute atomic E-state index is 11.1. The van der Waals surface area contributed by atoms with E-state index in [1.165, 1.54) is 0 Å². The van der Waals surface area contributed by atoms with Gasteiger partial charge in [0, 0.05) is 13.0 Å². The highest BCUT2D eigenvalue weighted by molar-refractivity contribution is 5.92. The summed E-state index contributed by atoms with van der Waals surface area (Å²) in [4.78, 5) is 15.7. The van der Waals surface area contributed by atoms with Crippen molar-refractivity contribution in [1.29, 1.82) is 0 Å². The minimum Gasteiger partial charge on any atom is -0.478 e. The molecule has 5 nitrogen and oxygen atoms in total. The van der Waals surface area contributed by atoms with E-state index in [2.05, 4.69) is 11.9 Å². The number of imidazole rings is 1. The summed E-state index contributed by atoms with van der Waals surface area (Å²) in [5.41, 5.74) is 1.92. The Labute approximate surface area is 124 Å². The van der Waals surface area contributed by atoms with Crippen molar-refractivity contribution in [1.82, 2.24) is 9.55 Å². The zero-order chi connectivity index (χ0) is 15.4. The van der Waals surface area contributed by atoms with Crippen LogP contribution in [0.25, 0.3) is 11.0 Å². The van der Waals surface area contributed by atoms with E-state index in [4.69, 9.17) is 5.11 Å². The molecule has 0 aliphatic carbocycles. The van der Waals surface area contributed by atoms with Crippen molar-refractivity contribution in [2.24, 2.45) is 0 Å². The number of fused-ring (bicyclic) bond motifs is 1. The van der Waals surface area contributed by atoms with Crippen molar-refractivity contribution >= 4 is 17.0 Å². The maximum atomic E-state index is 11.1. The summed E-state index contributed by atoms with van der Waals surface area (Å²) in [5, 5.41) is 18.9. The van der Waals surface area contributed by atoms with Gasteiger partial charge in [-0.3, -0.25) is 0 Å². The fourth-order valence-corrected chi connectivity index (χ4v) is 2.45. The molecule has 0 bridgehead atoms. The lowest BCUT2D eigenvalue weighted by Crippen LogP contribution is -2.12. The first kappa shape index (κ1) is 15.5. The molecule has 114 valence electrons. The Morgan fingerprint density at radius 1 is 1.38 bits per heavy atom.